The SMILES string of the molecule is CCOC(=O)c1cn2c(cc1=O)-c1cc(OC)c(OCCCn3cccn3)cc1CC2C(C)(C)COC. The summed E-state index contributed by atoms with van der Waals surface area (Å²) in [6.45, 7) is 7.92. The molecule has 1 atom stereocenters. The largest absolute Gasteiger partial charge is 0.493 e. The molecule has 3 aromatic rings. The Morgan fingerprint density at radius 2 is 2.00 bits per heavy atom. The van der Waals surface area contributed by atoms with Gasteiger partial charge in [-0.15, -0.1) is 0 Å². The van der Waals surface area contributed by atoms with Gasteiger partial charge in [0, 0.05) is 61.8 Å². The van der Waals surface area contributed by atoms with Crippen molar-refractivity contribution in [1.29, 1.82) is 0 Å². The van der Waals surface area contributed by atoms with Crippen molar-refractivity contribution >= 4 is 5.97 Å². The summed E-state index contributed by atoms with van der Waals surface area (Å²) >= 11 is 0. The minimum Gasteiger partial charge on any atom is -0.493 e. The summed E-state index contributed by atoms with van der Waals surface area (Å²) in [6, 6.07) is 7.25. The molecule has 0 radical (unpaired) electrons. The maximum Gasteiger partial charge on any atom is 0.343 e. The maximum atomic E-state index is 13.0. The lowest BCUT2D eigenvalue weighted by Crippen LogP contribution is -2.37. The summed E-state index contributed by atoms with van der Waals surface area (Å²) in [7, 11) is 3.28. The molecule has 37 heavy (non-hydrogen) atoms. The van der Waals surface area contributed by atoms with Gasteiger partial charge in [0.1, 0.15) is 5.56 Å². The van der Waals surface area contributed by atoms with E-state index in [4.69, 9.17) is 18.9 Å². The number of hydrogen-bond donors (Lipinski definition) is 0. The van der Waals surface area contributed by atoms with E-state index in [1.54, 1.807) is 33.5 Å². The molecule has 0 bridgehead atoms. The summed E-state index contributed by atoms with van der Waals surface area (Å²) in [5.74, 6) is 0.623. The zero-order valence-corrected chi connectivity index (χ0v) is 22.2. The van der Waals surface area contributed by atoms with E-state index in [-0.39, 0.29) is 29.1 Å². The first kappa shape index (κ1) is 26.5. The average Bonchev–Trinajstić information content (AvgIpc) is 3.39. The van der Waals surface area contributed by atoms with Gasteiger partial charge in [-0.1, -0.05) is 13.8 Å². The topological polar surface area (TPSA) is 93.8 Å². The summed E-state index contributed by atoms with van der Waals surface area (Å²) in [6.07, 6.45) is 6.77. The third-order valence-corrected chi connectivity index (χ3v) is 6.76. The number of ether oxygens (including phenoxy) is 4. The minimum atomic E-state index is -0.617. The van der Waals surface area contributed by atoms with Crippen LogP contribution in [0.25, 0.3) is 11.3 Å². The van der Waals surface area contributed by atoms with E-state index in [2.05, 4.69) is 18.9 Å². The summed E-state index contributed by atoms with van der Waals surface area (Å²) in [5.41, 5.74) is 1.98. The first-order valence-corrected chi connectivity index (χ1v) is 12.5. The van der Waals surface area contributed by atoms with E-state index in [1.165, 1.54) is 6.07 Å². The molecular formula is C28H35N3O6. The van der Waals surface area contributed by atoms with Crippen LogP contribution < -0.4 is 14.9 Å². The van der Waals surface area contributed by atoms with Crippen LogP contribution in [-0.2, 0) is 22.4 Å². The van der Waals surface area contributed by atoms with Gasteiger partial charge in [0.15, 0.2) is 16.9 Å². The zero-order chi connectivity index (χ0) is 26.6. The fourth-order valence-corrected chi connectivity index (χ4v) is 4.94. The quantitative estimate of drug-likeness (QED) is 0.283. The third-order valence-electron chi connectivity index (χ3n) is 6.76. The lowest BCUT2D eigenvalue weighted by Gasteiger charge is -2.40. The lowest BCUT2D eigenvalue weighted by atomic mass is 9.77. The van der Waals surface area contributed by atoms with Crippen LogP contribution in [0, 0.1) is 5.41 Å². The van der Waals surface area contributed by atoms with Crippen LogP contribution in [0.3, 0.4) is 0 Å². The smallest absolute Gasteiger partial charge is 0.343 e. The fourth-order valence-electron chi connectivity index (χ4n) is 4.94. The van der Waals surface area contributed by atoms with Gasteiger partial charge >= 0.3 is 5.97 Å². The second-order valence-electron chi connectivity index (χ2n) is 9.84. The summed E-state index contributed by atoms with van der Waals surface area (Å²) in [5, 5.41) is 4.22. The Hall–Kier alpha value is -3.59. The predicted molar refractivity (Wildman–Crippen MR) is 139 cm³/mol. The first-order valence-electron chi connectivity index (χ1n) is 12.5. The van der Waals surface area contributed by atoms with E-state index in [0.29, 0.717) is 31.1 Å². The van der Waals surface area contributed by atoms with Crippen molar-refractivity contribution < 1.29 is 23.7 Å². The van der Waals surface area contributed by atoms with Gasteiger partial charge in [-0.25, -0.2) is 4.79 Å². The molecule has 0 fully saturated rings. The normalized spacial score (nSPS) is 14.6. The highest BCUT2D eigenvalue weighted by Gasteiger charge is 2.37. The highest BCUT2D eigenvalue weighted by Crippen LogP contribution is 2.46. The van der Waals surface area contributed by atoms with E-state index < -0.39 is 5.97 Å². The van der Waals surface area contributed by atoms with Crippen molar-refractivity contribution in [2.75, 3.05) is 34.0 Å². The molecule has 9 nitrogen and oxygen atoms in total. The van der Waals surface area contributed by atoms with Crippen LogP contribution >= 0.6 is 0 Å². The molecule has 0 aliphatic carbocycles. The average molecular weight is 510 g/mol. The fraction of sp³-hybridized carbons (Fsp3) is 0.464. The lowest BCUT2D eigenvalue weighted by molar-refractivity contribution is 0.0516. The molecule has 0 saturated carbocycles. The molecule has 1 unspecified atom stereocenters. The highest BCUT2D eigenvalue weighted by atomic mass is 16.5. The number of pyridine rings is 1. The highest BCUT2D eigenvalue weighted by molar-refractivity contribution is 5.89. The number of benzene rings is 1. The number of esters is 1. The Balaban J connectivity index is 1.73. The molecular weight excluding hydrogens is 474 g/mol. The molecule has 1 aromatic carbocycles. The van der Waals surface area contributed by atoms with Crippen molar-refractivity contribution in [1.82, 2.24) is 14.3 Å². The second kappa shape index (κ2) is 11.2. The van der Waals surface area contributed by atoms with Crippen LogP contribution in [0.15, 0.2) is 47.7 Å². The number of nitrogens with zero attached hydrogens (tertiary/aromatic N) is 3. The van der Waals surface area contributed by atoms with Crippen molar-refractivity contribution in [3.8, 4) is 22.8 Å². The molecule has 1 aliphatic heterocycles. The number of aryl methyl sites for hydroxylation is 1. The minimum absolute atomic E-state index is 0.0244. The molecule has 0 amide bonds. The molecule has 0 N–H and O–H groups in total. The molecule has 0 spiro atoms. The van der Waals surface area contributed by atoms with Crippen LogP contribution in [-0.4, -0.2) is 54.4 Å². The molecule has 9 heteroatoms. The molecule has 2 aromatic heterocycles. The second-order valence-corrected chi connectivity index (χ2v) is 9.84. The number of hydrogen-bond acceptors (Lipinski definition) is 7. The zero-order valence-electron chi connectivity index (χ0n) is 22.2. The van der Waals surface area contributed by atoms with Crippen molar-refractivity contribution in [2.45, 2.75) is 46.2 Å². The van der Waals surface area contributed by atoms with Gasteiger partial charge < -0.3 is 23.5 Å². The van der Waals surface area contributed by atoms with Gasteiger partial charge in [0.25, 0.3) is 0 Å². The number of fused-ring (bicyclic) bond motifs is 3. The van der Waals surface area contributed by atoms with Gasteiger partial charge in [-0.2, -0.15) is 5.10 Å². The number of carbonyl (C=O) groups is 1. The van der Waals surface area contributed by atoms with E-state index in [1.807, 2.05) is 33.6 Å². The number of methoxy groups -OCH3 is 2. The van der Waals surface area contributed by atoms with Crippen LogP contribution in [0.4, 0.5) is 0 Å². The number of rotatable bonds is 11. The molecule has 0 saturated heterocycles. The van der Waals surface area contributed by atoms with Crippen molar-refractivity contribution in [3.05, 3.63) is 64.2 Å². The van der Waals surface area contributed by atoms with Crippen LogP contribution in [0.5, 0.6) is 11.5 Å². The molecule has 1 aliphatic rings. The Labute approximate surface area is 216 Å². The predicted octanol–water partition coefficient (Wildman–Crippen LogP) is 4.14. The summed E-state index contributed by atoms with van der Waals surface area (Å²) < 4.78 is 26.4. The standard InChI is InChI=1S/C28H35N3O6/c1-6-36-27(33)21-17-31-22(16-23(21)32)20-15-24(35-5)25(37-12-8-11-30-10-7-9-29-30)13-19(20)14-26(31)28(2,3)18-34-4/h7,9-10,13,15-17,26H,6,8,11-12,14,18H2,1-5H3. The van der Waals surface area contributed by atoms with E-state index >= 15 is 0 Å². The number of aromatic nitrogens is 3. The van der Waals surface area contributed by atoms with Crippen molar-refractivity contribution in [2.24, 2.45) is 5.41 Å². The Morgan fingerprint density at radius 3 is 2.68 bits per heavy atom. The maximum absolute atomic E-state index is 13.0. The van der Waals surface area contributed by atoms with Gasteiger partial charge in [0.2, 0.25) is 0 Å². The molecule has 198 valence electrons. The molecule has 4 rings (SSSR count). The van der Waals surface area contributed by atoms with Gasteiger partial charge in [-0.3, -0.25) is 9.48 Å². The van der Waals surface area contributed by atoms with Gasteiger partial charge in [-0.05, 0) is 37.1 Å². The van der Waals surface area contributed by atoms with E-state index in [0.717, 1.165) is 29.8 Å². The monoisotopic (exact) mass is 509 g/mol. The first-order chi connectivity index (χ1) is 17.8. The Morgan fingerprint density at radius 1 is 1.19 bits per heavy atom. The third kappa shape index (κ3) is 5.56. The van der Waals surface area contributed by atoms with Crippen LogP contribution in [0.1, 0.15) is 49.2 Å². The Kier molecular flexibility index (Phi) is 8.02. The number of carbonyl (C=O) groups excluding carboxylic acids is 1. The summed E-state index contributed by atoms with van der Waals surface area (Å²) in [4.78, 5) is 25.5. The van der Waals surface area contributed by atoms with Crippen LogP contribution in [0.2, 0.25) is 0 Å². The Bertz CT molecular complexity index is 1300. The van der Waals surface area contributed by atoms with E-state index in [9.17, 15) is 9.59 Å². The van der Waals surface area contributed by atoms with Gasteiger partial charge in [0.05, 0.1) is 32.6 Å². The molecule has 3 heterocycles. The van der Waals surface area contributed by atoms with Crippen molar-refractivity contribution in [3.63, 3.8) is 0 Å².